The smallest absolute Gasteiger partial charge is 0.295 e. The fourth-order valence-electron chi connectivity index (χ4n) is 1.19. The van der Waals surface area contributed by atoms with E-state index in [1.54, 1.807) is 0 Å². The average molecular weight is 270 g/mol. The molecule has 0 amide bonds. The molecule has 1 aromatic carbocycles. The highest BCUT2D eigenvalue weighted by Gasteiger charge is 2.34. The number of rotatable bonds is 2. The summed E-state index contributed by atoms with van der Waals surface area (Å²) in [6, 6.07) is 1.65. The van der Waals surface area contributed by atoms with Crippen LogP contribution in [-0.2, 0) is 11.8 Å². The lowest BCUT2D eigenvalue weighted by Gasteiger charge is -2.15. The maximum Gasteiger partial charge on any atom is 0.416 e. The molecule has 94 valence electrons. The van der Waals surface area contributed by atoms with Crippen molar-refractivity contribution < 1.29 is 26.7 Å². The highest BCUT2D eigenvalue weighted by atomic mass is 31.0. The van der Waals surface area contributed by atoms with Crippen molar-refractivity contribution >= 4 is 15.0 Å². The largest absolute Gasteiger partial charge is 0.416 e. The molecule has 0 N–H and O–H groups in total. The lowest BCUT2D eigenvalue weighted by Crippen LogP contribution is -2.11. The monoisotopic (exact) mass is 270 g/mol. The molecule has 0 saturated heterocycles. The number of halogens is 5. The van der Waals surface area contributed by atoms with Crippen LogP contribution in [0.2, 0.25) is 0 Å². The van der Waals surface area contributed by atoms with Gasteiger partial charge in [0.2, 0.25) is 0 Å². The van der Waals surface area contributed by atoms with Gasteiger partial charge >= 0.3 is 6.18 Å². The van der Waals surface area contributed by atoms with Gasteiger partial charge in [-0.2, -0.15) is 22.0 Å². The molecule has 0 saturated carbocycles. The van der Waals surface area contributed by atoms with E-state index in [0.717, 1.165) is 22.2 Å². The van der Waals surface area contributed by atoms with Gasteiger partial charge in [0, 0.05) is 11.1 Å². The lowest BCUT2D eigenvalue weighted by molar-refractivity contribution is -0.137. The Morgan fingerprint density at radius 1 is 1.06 bits per heavy atom. The molecular weight excluding hydrogens is 262 g/mol. The van der Waals surface area contributed by atoms with Gasteiger partial charge in [-0.05, 0) is 25.1 Å². The Balaban J connectivity index is 3.45. The van der Waals surface area contributed by atoms with E-state index in [1.807, 2.05) is 0 Å². The van der Waals surface area contributed by atoms with Crippen LogP contribution in [0.3, 0.4) is 0 Å². The molecule has 0 radical (unpaired) electrons. The van der Waals surface area contributed by atoms with Gasteiger partial charge in [-0.25, -0.2) is 0 Å². The number of ketones is 1. The Morgan fingerprint density at radius 2 is 1.53 bits per heavy atom. The summed E-state index contributed by atoms with van der Waals surface area (Å²) in [5.41, 5.74) is -6.02. The van der Waals surface area contributed by atoms with Crippen molar-refractivity contribution in [3.05, 3.63) is 34.9 Å². The van der Waals surface area contributed by atoms with Crippen molar-refractivity contribution in [1.82, 2.24) is 0 Å². The van der Waals surface area contributed by atoms with Gasteiger partial charge in [0.05, 0.1) is 5.56 Å². The number of carbonyl (C=O) groups excluding carboxylic acids is 1. The van der Waals surface area contributed by atoms with Gasteiger partial charge in [0.15, 0.2) is 5.78 Å². The van der Waals surface area contributed by atoms with Crippen LogP contribution >= 0.6 is 9.24 Å². The van der Waals surface area contributed by atoms with E-state index in [-0.39, 0.29) is 0 Å². The Bertz CT molecular complexity index is 415. The van der Waals surface area contributed by atoms with Gasteiger partial charge in [-0.3, -0.25) is 4.79 Å². The number of carbonyl (C=O) groups is 1. The molecule has 1 rings (SSSR count). The zero-order valence-electron chi connectivity index (χ0n) is 8.61. The minimum atomic E-state index is -4.77. The summed E-state index contributed by atoms with van der Waals surface area (Å²) >= 11 is 0. The molecule has 1 nitrogen and oxygen atoms in total. The molecule has 1 atom stereocenters. The standard InChI is InChI=1S/C10H8F5OP/c1-5(16)6-2-7(9(11,12)13)4-8(3-6)10(14,15)17/h2-4H,17H2,1H3. The summed E-state index contributed by atoms with van der Waals surface area (Å²) in [6.07, 6.45) is -4.77. The van der Waals surface area contributed by atoms with Crippen LogP contribution in [0.15, 0.2) is 18.2 Å². The van der Waals surface area contributed by atoms with E-state index < -0.39 is 34.3 Å². The number of hydrogen-bond acceptors (Lipinski definition) is 1. The molecule has 17 heavy (non-hydrogen) atoms. The van der Waals surface area contributed by atoms with Crippen LogP contribution in [0.4, 0.5) is 22.0 Å². The van der Waals surface area contributed by atoms with Crippen molar-refractivity contribution in [2.45, 2.75) is 18.8 Å². The maximum absolute atomic E-state index is 13.0. The van der Waals surface area contributed by atoms with Crippen LogP contribution in [0.5, 0.6) is 0 Å². The SMILES string of the molecule is CC(=O)c1cc(C(F)(F)F)cc(C(F)(F)P)c1. The van der Waals surface area contributed by atoms with Crippen LogP contribution < -0.4 is 0 Å². The minimum Gasteiger partial charge on any atom is -0.295 e. The van der Waals surface area contributed by atoms with Crippen LogP contribution in [-0.4, -0.2) is 5.78 Å². The Morgan fingerprint density at radius 3 is 1.88 bits per heavy atom. The third kappa shape index (κ3) is 3.46. The first-order valence-electron chi connectivity index (χ1n) is 4.42. The Kier molecular flexibility index (Phi) is 3.58. The average Bonchev–Trinajstić information content (AvgIpc) is 2.14. The summed E-state index contributed by atoms with van der Waals surface area (Å²) in [5.74, 6) is -0.702. The molecule has 0 spiro atoms. The zero-order valence-corrected chi connectivity index (χ0v) is 9.76. The molecule has 7 heteroatoms. The highest BCUT2D eigenvalue weighted by Crippen LogP contribution is 2.39. The second-order valence-corrected chi connectivity index (χ2v) is 4.20. The predicted octanol–water partition coefficient (Wildman–Crippen LogP) is 3.83. The van der Waals surface area contributed by atoms with Gasteiger partial charge in [-0.15, -0.1) is 0 Å². The fourth-order valence-corrected chi connectivity index (χ4v) is 1.35. The first-order chi connectivity index (χ1) is 7.51. The number of alkyl halides is 5. The maximum atomic E-state index is 13.0. The van der Waals surface area contributed by atoms with Crippen molar-refractivity contribution in [2.24, 2.45) is 0 Å². The van der Waals surface area contributed by atoms with E-state index in [1.165, 1.54) is 0 Å². The second kappa shape index (κ2) is 4.33. The molecular formula is C10H8F5OP. The van der Waals surface area contributed by atoms with Crippen LogP contribution in [0, 0.1) is 0 Å². The van der Waals surface area contributed by atoms with Crippen LogP contribution in [0.25, 0.3) is 0 Å². The van der Waals surface area contributed by atoms with Gasteiger partial charge in [0.1, 0.15) is 0 Å². The predicted molar refractivity (Wildman–Crippen MR) is 55.1 cm³/mol. The summed E-state index contributed by atoms with van der Waals surface area (Å²) in [7, 11) is 1.14. The lowest BCUT2D eigenvalue weighted by atomic mass is 10.0. The Labute approximate surface area is 96.2 Å². The molecule has 0 aliphatic carbocycles. The highest BCUT2D eigenvalue weighted by molar-refractivity contribution is 7.17. The summed E-state index contributed by atoms with van der Waals surface area (Å²) in [6.45, 7) is 1.01. The van der Waals surface area contributed by atoms with Crippen LogP contribution in [0.1, 0.15) is 28.4 Å². The molecule has 0 fully saturated rings. The number of Topliss-reactive ketones (excluding diaryl/α,β-unsaturated/α-hetero) is 1. The number of benzene rings is 1. The van der Waals surface area contributed by atoms with Crippen molar-refractivity contribution in [1.29, 1.82) is 0 Å². The van der Waals surface area contributed by atoms with Crippen molar-refractivity contribution in [3.63, 3.8) is 0 Å². The summed E-state index contributed by atoms with van der Waals surface area (Å²) in [4.78, 5) is 11.0. The molecule has 0 heterocycles. The second-order valence-electron chi connectivity index (χ2n) is 3.48. The first kappa shape index (κ1) is 14.0. The molecule has 0 aliphatic rings. The normalized spacial score (nSPS) is 12.6. The first-order valence-corrected chi connectivity index (χ1v) is 5.00. The molecule has 0 bridgehead atoms. The zero-order chi connectivity index (χ0) is 13.4. The number of hydrogen-bond donors (Lipinski definition) is 0. The molecule has 0 aromatic heterocycles. The fraction of sp³-hybridized carbons (Fsp3) is 0.300. The van der Waals surface area contributed by atoms with E-state index in [9.17, 15) is 26.7 Å². The molecule has 1 unspecified atom stereocenters. The minimum absolute atomic E-state index is 0.333. The molecule has 1 aromatic rings. The van der Waals surface area contributed by atoms with Gasteiger partial charge < -0.3 is 0 Å². The quantitative estimate of drug-likeness (QED) is 0.453. The third-order valence-corrected chi connectivity index (χ3v) is 2.39. The third-order valence-electron chi connectivity index (χ3n) is 2.05. The van der Waals surface area contributed by atoms with E-state index in [2.05, 4.69) is 0 Å². The topological polar surface area (TPSA) is 17.1 Å². The summed E-state index contributed by atoms with van der Waals surface area (Å²) < 4.78 is 63.2. The molecule has 0 aliphatic heterocycles. The summed E-state index contributed by atoms with van der Waals surface area (Å²) in [5, 5.41) is 0. The van der Waals surface area contributed by atoms with Crippen molar-refractivity contribution in [2.75, 3.05) is 0 Å². The van der Waals surface area contributed by atoms with E-state index in [4.69, 9.17) is 0 Å². The van der Waals surface area contributed by atoms with Gasteiger partial charge in [0.25, 0.3) is 5.66 Å². The van der Waals surface area contributed by atoms with Gasteiger partial charge in [-0.1, -0.05) is 9.24 Å². The van der Waals surface area contributed by atoms with E-state index in [0.29, 0.717) is 12.1 Å². The van der Waals surface area contributed by atoms with Crippen molar-refractivity contribution in [3.8, 4) is 0 Å². The van der Waals surface area contributed by atoms with E-state index >= 15 is 0 Å². The Hall–Kier alpha value is -1.03.